The first-order valence-corrected chi connectivity index (χ1v) is 4.10. The molecule has 8 heavy (non-hydrogen) atoms. The molecule has 0 aliphatic heterocycles. The fourth-order valence-electron chi connectivity index (χ4n) is 0.551. The van der Waals surface area contributed by atoms with Crippen molar-refractivity contribution in [3.8, 4) is 0 Å². The lowest BCUT2D eigenvalue weighted by Crippen LogP contribution is -1.97. The Morgan fingerprint density at radius 2 is 2.12 bits per heavy atom. The van der Waals surface area contributed by atoms with Crippen molar-refractivity contribution in [2.45, 2.75) is 19.8 Å². The van der Waals surface area contributed by atoms with Crippen molar-refractivity contribution in [3.63, 3.8) is 0 Å². The summed E-state index contributed by atoms with van der Waals surface area (Å²) >= 11 is 3.34. The van der Waals surface area contributed by atoms with E-state index < -0.39 is 0 Å². The fourth-order valence-corrected chi connectivity index (χ4v) is 1.33. The molecular formula is C6H13BrO. The van der Waals surface area contributed by atoms with E-state index in [1.54, 1.807) is 0 Å². The van der Waals surface area contributed by atoms with Gasteiger partial charge in [0.1, 0.15) is 0 Å². The van der Waals surface area contributed by atoms with E-state index in [9.17, 15) is 0 Å². The molecule has 0 spiro atoms. The maximum absolute atomic E-state index is 8.45. The van der Waals surface area contributed by atoms with Gasteiger partial charge in [-0.15, -0.1) is 0 Å². The quantitative estimate of drug-likeness (QED) is 0.655. The molecule has 0 aromatic carbocycles. The van der Waals surface area contributed by atoms with Crippen LogP contribution in [0.3, 0.4) is 0 Å². The van der Waals surface area contributed by atoms with Crippen LogP contribution in [0.1, 0.15) is 19.8 Å². The number of aliphatic hydroxyl groups is 1. The van der Waals surface area contributed by atoms with Crippen molar-refractivity contribution in [2.24, 2.45) is 5.92 Å². The summed E-state index contributed by atoms with van der Waals surface area (Å²) in [7, 11) is 0. The standard InChI is InChI=1S/C6H13BrO/c1-6(2-4-7)3-5-8/h6,8H,2-5H2,1H3/t6-/m1/s1. The van der Waals surface area contributed by atoms with Gasteiger partial charge in [0.2, 0.25) is 0 Å². The molecule has 0 rings (SSSR count). The molecule has 2 heteroatoms. The first-order chi connectivity index (χ1) is 3.81. The van der Waals surface area contributed by atoms with Gasteiger partial charge < -0.3 is 5.11 Å². The fraction of sp³-hybridized carbons (Fsp3) is 1.00. The largest absolute Gasteiger partial charge is 0.396 e. The minimum Gasteiger partial charge on any atom is -0.396 e. The Labute approximate surface area is 59.2 Å². The topological polar surface area (TPSA) is 20.2 Å². The maximum Gasteiger partial charge on any atom is 0.0433 e. The number of hydrogen-bond acceptors (Lipinski definition) is 1. The molecule has 1 atom stereocenters. The SMILES string of the molecule is C[C@@H](CCO)CCBr. The van der Waals surface area contributed by atoms with Gasteiger partial charge in [-0.25, -0.2) is 0 Å². The van der Waals surface area contributed by atoms with Crippen LogP contribution >= 0.6 is 15.9 Å². The Hall–Kier alpha value is 0.440. The third kappa shape index (κ3) is 4.60. The van der Waals surface area contributed by atoms with Crippen LogP contribution in [-0.2, 0) is 0 Å². The summed E-state index contributed by atoms with van der Waals surface area (Å²) in [5.41, 5.74) is 0. The zero-order chi connectivity index (χ0) is 6.41. The number of rotatable bonds is 4. The van der Waals surface area contributed by atoms with Gasteiger partial charge in [-0.3, -0.25) is 0 Å². The molecule has 0 heterocycles. The lowest BCUT2D eigenvalue weighted by Gasteiger charge is -2.04. The molecule has 0 aliphatic rings. The summed E-state index contributed by atoms with van der Waals surface area (Å²) in [5.74, 6) is 0.666. The Balaban J connectivity index is 2.92. The van der Waals surface area contributed by atoms with Crippen LogP contribution in [-0.4, -0.2) is 17.0 Å². The second-order valence-corrected chi connectivity index (χ2v) is 2.89. The maximum atomic E-state index is 8.45. The highest BCUT2D eigenvalue weighted by atomic mass is 79.9. The van der Waals surface area contributed by atoms with E-state index >= 15 is 0 Å². The highest BCUT2D eigenvalue weighted by molar-refractivity contribution is 9.09. The predicted molar refractivity (Wildman–Crippen MR) is 39.3 cm³/mol. The van der Waals surface area contributed by atoms with E-state index in [2.05, 4.69) is 22.9 Å². The van der Waals surface area contributed by atoms with Crippen LogP contribution in [0.5, 0.6) is 0 Å². The predicted octanol–water partition coefficient (Wildman–Crippen LogP) is 1.79. The summed E-state index contributed by atoms with van der Waals surface area (Å²) in [6.45, 7) is 2.48. The normalized spacial score (nSPS) is 13.9. The average Bonchev–Trinajstić information content (AvgIpc) is 1.68. The molecule has 1 N–H and O–H groups in total. The van der Waals surface area contributed by atoms with Crippen molar-refractivity contribution < 1.29 is 5.11 Å². The molecule has 0 radical (unpaired) electrons. The van der Waals surface area contributed by atoms with Crippen molar-refractivity contribution in [1.82, 2.24) is 0 Å². The first-order valence-electron chi connectivity index (χ1n) is 2.98. The van der Waals surface area contributed by atoms with Gasteiger partial charge in [-0.05, 0) is 18.8 Å². The van der Waals surface area contributed by atoms with Crippen LogP contribution in [0.4, 0.5) is 0 Å². The highest BCUT2D eigenvalue weighted by Crippen LogP contribution is 2.07. The van der Waals surface area contributed by atoms with E-state index in [1.807, 2.05) is 0 Å². The Bertz CT molecular complexity index is 41.8. The molecule has 0 fully saturated rings. The van der Waals surface area contributed by atoms with Crippen molar-refractivity contribution >= 4 is 15.9 Å². The van der Waals surface area contributed by atoms with Crippen LogP contribution < -0.4 is 0 Å². The summed E-state index contributed by atoms with van der Waals surface area (Å²) in [5, 5.41) is 9.50. The monoisotopic (exact) mass is 180 g/mol. The van der Waals surface area contributed by atoms with E-state index in [0.29, 0.717) is 12.5 Å². The summed E-state index contributed by atoms with van der Waals surface area (Å²) in [6.07, 6.45) is 2.10. The van der Waals surface area contributed by atoms with Crippen molar-refractivity contribution in [1.29, 1.82) is 0 Å². The summed E-state index contributed by atoms with van der Waals surface area (Å²) in [6, 6.07) is 0. The average molecular weight is 181 g/mol. The third-order valence-corrected chi connectivity index (χ3v) is 1.68. The second kappa shape index (κ2) is 5.57. The van der Waals surface area contributed by atoms with E-state index in [-0.39, 0.29) is 0 Å². The Morgan fingerprint density at radius 1 is 1.50 bits per heavy atom. The van der Waals surface area contributed by atoms with Gasteiger partial charge in [-0.1, -0.05) is 22.9 Å². The van der Waals surface area contributed by atoms with E-state index in [4.69, 9.17) is 5.11 Å². The second-order valence-electron chi connectivity index (χ2n) is 2.10. The van der Waals surface area contributed by atoms with Crippen LogP contribution in [0.2, 0.25) is 0 Å². The molecule has 0 saturated carbocycles. The molecule has 0 amide bonds. The minimum absolute atomic E-state index is 0.328. The van der Waals surface area contributed by atoms with Gasteiger partial charge in [0.05, 0.1) is 0 Å². The first kappa shape index (κ1) is 8.44. The van der Waals surface area contributed by atoms with E-state index in [1.165, 1.54) is 6.42 Å². The smallest absolute Gasteiger partial charge is 0.0433 e. The van der Waals surface area contributed by atoms with Gasteiger partial charge in [-0.2, -0.15) is 0 Å². The highest BCUT2D eigenvalue weighted by Gasteiger charge is 1.97. The summed E-state index contributed by atoms with van der Waals surface area (Å²) < 4.78 is 0. The van der Waals surface area contributed by atoms with Gasteiger partial charge in [0.15, 0.2) is 0 Å². The van der Waals surface area contributed by atoms with E-state index in [0.717, 1.165) is 11.8 Å². The molecule has 50 valence electrons. The zero-order valence-electron chi connectivity index (χ0n) is 5.23. The van der Waals surface area contributed by atoms with Crippen LogP contribution in [0.25, 0.3) is 0 Å². The lowest BCUT2D eigenvalue weighted by molar-refractivity contribution is 0.261. The number of hydrogen-bond donors (Lipinski definition) is 1. The molecule has 0 aliphatic carbocycles. The Kier molecular flexibility index (Phi) is 5.88. The lowest BCUT2D eigenvalue weighted by atomic mass is 10.1. The molecule has 0 aromatic heterocycles. The number of alkyl halides is 1. The van der Waals surface area contributed by atoms with Gasteiger partial charge in [0, 0.05) is 11.9 Å². The minimum atomic E-state index is 0.328. The third-order valence-electron chi connectivity index (χ3n) is 1.22. The molecule has 1 nitrogen and oxygen atoms in total. The zero-order valence-corrected chi connectivity index (χ0v) is 6.82. The van der Waals surface area contributed by atoms with Crippen molar-refractivity contribution in [3.05, 3.63) is 0 Å². The number of aliphatic hydroxyl groups excluding tert-OH is 1. The molecular weight excluding hydrogens is 168 g/mol. The molecule has 0 unspecified atom stereocenters. The van der Waals surface area contributed by atoms with Crippen molar-refractivity contribution in [2.75, 3.05) is 11.9 Å². The van der Waals surface area contributed by atoms with Crippen LogP contribution in [0, 0.1) is 5.92 Å². The van der Waals surface area contributed by atoms with Crippen LogP contribution in [0.15, 0.2) is 0 Å². The number of halogens is 1. The van der Waals surface area contributed by atoms with Gasteiger partial charge in [0.25, 0.3) is 0 Å². The molecule has 0 aromatic rings. The molecule has 0 saturated heterocycles. The molecule has 0 bridgehead atoms. The summed E-state index contributed by atoms with van der Waals surface area (Å²) in [4.78, 5) is 0. The Morgan fingerprint density at radius 3 is 2.50 bits per heavy atom. The van der Waals surface area contributed by atoms with Gasteiger partial charge >= 0.3 is 0 Å².